The van der Waals surface area contributed by atoms with Crippen molar-refractivity contribution in [2.24, 2.45) is 0 Å². The molecule has 1 N–H and O–H groups in total. The first-order valence-corrected chi connectivity index (χ1v) is 8.79. The largest absolute Gasteiger partial charge is 0.496 e. The monoisotopic (exact) mass is 365 g/mol. The molecule has 0 fully saturated rings. The summed E-state index contributed by atoms with van der Waals surface area (Å²) < 4.78 is 42.9. The fourth-order valence-electron chi connectivity index (χ4n) is 2.33. The first-order valence-electron chi connectivity index (χ1n) is 7.31. The van der Waals surface area contributed by atoms with Gasteiger partial charge in [0.15, 0.2) is 0 Å². The Labute approximate surface area is 146 Å². The summed E-state index contributed by atoms with van der Waals surface area (Å²) in [4.78, 5) is 11.6. The minimum Gasteiger partial charge on any atom is -0.496 e. The molecule has 0 radical (unpaired) electrons. The quantitative estimate of drug-likeness (QED) is 0.755. The van der Waals surface area contributed by atoms with E-state index in [1.807, 2.05) is 0 Å². The number of esters is 1. The smallest absolute Gasteiger partial charge is 0.339 e. The first kappa shape index (κ1) is 18.8. The van der Waals surface area contributed by atoms with Gasteiger partial charge in [-0.25, -0.2) is 17.9 Å². The average Bonchev–Trinajstić information content (AvgIpc) is 2.65. The van der Waals surface area contributed by atoms with Crippen LogP contribution in [0.4, 0.5) is 0 Å². The van der Waals surface area contributed by atoms with Gasteiger partial charge < -0.3 is 14.2 Å². The second-order valence-electron chi connectivity index (χ2n) is 4.95. The van der Waals surface area contributed by atoms with E-state index >= 15 is 0 Å². The highest BCUT2D eigenvalue weighted by Crippen LogP contribution is 2.28. The molecule has 0 saturated carbocycles. The molecule has 0 heterocycles. The maximum atomic E-state index is 12.6. The molecule has 0 unspecified atom stereocenters. The van der Waals surface area contributed by atoms with Crippen LogP contribution in [0.1, 0.15) is 15.9 Å². The Hall–Kier alpha value is -2.58. The summed E-state index contributed by atoms with van der Waals surface area (Å²) in [5, 5.41) is 0. The molecule has 2 aromatic carbocycles. The van der Waals surface area contributed by atoms with Crippen molar-refractivity contribution in [1.29, 1.82) is 0 Å². The maximum Gasteiger partial charge on any atom is 0.339 e. The second kappa shape index (κ2) is 8.00. The first-order chi connectivity index (χ1) is 11.9. The summed E-state index contributed by atoms with van der Waals surface area (Å²) >= 11 is 0. The van der Waals surface area contributed by atoms with Gasteiger partial charge in [-0.1, -0.05) is 18.2 Å². The van der Waals surface area contributed by atoms with Crippen LogP contribution >= 0.6 is 0 Å². The zero-order valence-electron chi connectivity index (χ0n) is 14.1. The summed E-state index contributed by atoms with van der Waals surface area (Å²) in [7, 11) is 0.208. The lowest BCUT2D eigenvalue weighted by atomic mass is 10.2. The third-order valence-electron chi connectivity index (χ3n) is 3.55. The van der Waals surface area contributed by atoms with Crippen molar-refractivity contribution in [2.75, 3.05) is 21.3 Å². The molecule has 25 heavy (non-hydrogen) atoms. The van der Waals surface area contributed by atoms with Crippen LogP contribution < -0.4 is 14.2 Å². The molecule has 2 aromatic rings. The van der Waals surface area contributed by atoms with Crippen molar-refractivity contribution >= 4 is 16.0 Å². The number of ether oxygens (including phenoxy) is 3. The predicted octanol–water partition coefficient (Wildman–Crippen LogP) is 1.97. The van der Waals surface area contributed by atoms with Gasteiger partial charge in [0.05, 0.1) is 37.4 Å². The van der Waals surface area contributed by atoms with Gasteiger partial charge >= 0.3 is 5.97 Å². The second-order valence-corrected chi connectivity index (χ2v) is 6.69. The Morgan fingerprint density at radius 1 is 0.960 bits per heavy atom. The van der Waals surface area contributed by atoms with Crippen molar-refractivity contribution in [2.45, 2.75) is 11.4 Å². The lowest BCUT2D eigenvalue weighted by Crippen LogP contribution is -2.25. The third-order valence-corrected chi connectivity index (χ3v) is 5.01. The van der Waals surface area contributed by atoms with Crippen LogP contribution in [-0.4, -0.2) is 35.7 Å². The van der Waals surface area contributed by atoms with E-state index in [-0.39, 0.29) is 17.0 Å². The topological polar surface area (TPSA) is 90.9 Å². The highest BCUT2D eigenvalue weighted by atomic mass is 32.2. The number of benzene rings is 2. The molecule has 7 nitrogen and oxygen atoms in total. The molecule has 2 rings (SSSR count). The molecule has 0 aromatic heterocycles. The summed E-state index contributed by atoms with van der Waals surface area (Å²) in [5.41, 5.74) is 0.510. The molecule has 0 aliphatic rings. The lowest BCUT2D eigenvalue weighted by Gasteiger charge is -2.14. The van der Waals surface area contributed by atoms with E-state index in [0.29, 0.717) is 17.1 Å². The van der Waals surface area contributed by atoms with Gasteiger partial charge in [0, 0.05) is 6.54 Å². The number of carbonyl (C=O) groups excluding carboxylic acids is 1. The molecule has 134 valence electrons. The Morgan fingerprint density at radius 3 is 2.12 bits per heavy atom. The summed E-state index contributed by atoms with van der Waals surface area (Å²) in [6.07, 6.45) is 0. The fraction of sp³-hybridized carbons (Fsp3) is 0.235. The van der Waals surface area contributed by atoms with E-state index in [2.05, 4.69) is 9.46 Å². The van der Waals surface area contributed by atoms with Crippen LogP contribution in [0, 0.1) is 0 Å². The van der Waals surface area contributed by atoms with Crippen molar-refractivity contribution in [1.82, 2.24) is 4.72 Å². The number of rotatable bonds is 7. The van der Waals surface area contributed by atoms with E-state index in [1.165, 1.54) is 39.5 Å². The van der Waals surface area contributed by atoms with E-state index in [9.17, 15) is 13.2 Å². The Bertz CT molecular complexity index is 841. The van der Waals surface area contributed by atoms with Gasteiger partial charge in [-0.3, -0.25) is 0 Å². The SMILES string of the molecule is COC(=O)c1ccccc1S(=O)(=O)NCc1c(OC)cccc1OC. The van der Waals surface area contributed by atoms with E-state index in [4.69, 9.17) is 9.47 Å². The lowest BCUT2D eigenvalue weighted by molar-refractivity contribution is 0.0596. The molecule has 8 heteroatoms. The van der Waals surface area contributed by atoms with Gasteiger partial charge in [0.2, 0.25) is 10.0 Å². The van der Waals surface area contributed by atoms with Gasteiger partial charge in [0.1, 0.15) is 11.5 Å². The number of carbonyl (C=O) groups is 1. The van der Waals surface area contributed by atoms with E-state index in [1.54, 1.807) is 24.3 Å². The normalized spacial score (nSPS) is 11.0. The highest BCUT2D eigenvalue weighted by Gasteiger charge is 2.23. The van der Waals surface area contributed by atoms with Crippen LogP contribution in [0.15, 0.2) is 47.4 Å². The molecular formula is C17H19NO6S. The molecule has 0 amide bonds. The molecule has 0 bridgehead atoms. The van der Waals surface area contributed by atoms with Crippen LogP contribution in [0.5, 0.6) is 11.5 Å². The molecule has 0 aliphatic heterocycles. The van der Waals surface area contributed by atoms with Crippen LogP contribution in [0.25, 0.3) is 0 Å². The molecule has 0 aliphatic carbocycles. The third kappa shape index (κ3) is 4.09. The summed E-state index contributed by atoms with van der Waals surface area (Å²) in [6, 6.07) is 11.0. The van der Waals surface area contributed by atoms with Gasteiger partial charge in [-0.05, 0) is 24.3 Å². The maximum absolute atomic E-state index is 12.6. The Morgan fingerprint density at radius 2 is 1.56 bits per heavy atom. The van der Waals surface area contributed by atoms with Crippen LogP contribution in [0.3, 0.4) is 0 Å². The molecular weight excluding hydrogens is 346 g/mol. The minimum absolute atomic E-state index is 0.0375. The van der Waals surface area contributed by atoms with E-state index < -0.39 is 16.0 Å². The van der Waals surface area contributed by atoms with Gasteiger partial charge in [-0.2, -0.15) is 0 Å². The Kier molecular flexibility index (Phi) is 6.00. The number of nitrogens with one attached hydrogen (secondary N) is 1. The number of hydrogen-bond acceptors (Lipinski definition) is 6. The zero-order valence-corrected chi connectivity index (χ0v) is 14.9. The van der Waals surface area contributed by atoms with Crippen LogP contribution in [0.2, 0.25) is 0 Å². The Balaban J connectivity index is 2.35. The molecule has 0 saturated heterocycles. The summed E-state index contributed by atoms with van der Waals surface area (Å²) in [6.45, 7) is -0.0645. The van der Waals surface area contributed by atoms with Crippen molar-refractivity contribution < 1.29 is 27.4 Å². The van der Waals surface area contributed by atoms with E-state index in [0.717, 1.165) is 0 Å². The van der Waals surface area contributed by atoms with Crippen molar-refractivity contribution in [3.8, 4) is 11.5 Å². The van der Waals surface area contributed by atoms with Crippen LogP contribution in [-0.2, 0) is 21.3 Å². The number of hydrogen-bond donors (Lipinski definition) is 1. The zero-order chi connectivity index (χ0) is 18.4. The predicted molar refractivity (Wildman–Crippen MR) is 91.4 cm³/mol. The number of methoxy groups -OCH3 is 3. The standard InChI is InChI=1S/C17H19NO6S/c1-22-14-8-6-9-15(23-2)13(14)11-18-25(20,21)16-10-5-4-7-12(16)17(19)24-3/h4-10,18H,11H2,1-3H3. The average molecular weight is 365 g/mol. The minimum atomic E-state index is -3.96. The highest BCUT2D eigenvalue weighted by molar-refractivity contribution is 7.89. The number of sulfonamides is 1. The molecule has 0 atom stereocenters. The van der Waals surface area contributed by atoms with Crippen molar-refractivity contribution in [3.63, 3.8) is 0 Å². The van der Waals surface area contributed by atoms with Crippen molar-refractivity contribution in [3.05, 3.63) is 53.6 Å². The van der Waals surface area contributed by atoms with Gasteiger partial charge in [0.25, 0.3) is 0 Å². The molecule has 0 spiro atoms. The van der Waals surface area contributed by atoms with Gasteiger partial charge in [-0.15, -0.1) is 0 Å². The fourth-order valence-corrected chi connectivity index (χ4v) is 3.52. The summed E-state index contributed by atoms with van der Waals surface area (Å²) in [5.74, 6) is 0.252.